The number of fused-ring (bicyclic) bond motifs is 1. The molecule has 2 amide bonds. The number of carbonyl (C=O) groups is 2. The number of nitrogens with one attached hydrogen (secondary N) is 2. The first-order chi connectivity index (χ1) is 8.65. The lowest BCUT2D eigenvalue weighted by Gasteiger charge is -2.19. The van der Waals surface area contributed by atoms with E-state index in [2.05, 4.69) is 15.5 Å². The second-order valence-electron chi connectivity index (χ2n) is 4.42. The van der Waals surface area contributed by atoms with Gasteiger partial charge in [-0.25, -0.2) is 0 Å². The minimum atomic E-state index is -0.366. The van der Waals surface area contributed by atoms with E-state index in [9.17, 15) is 9.59 Å². The Hall–Kier alpha value is -2.37. The molecule has 3 rings (SSSR count). The van der Waals surface area contributed by atoms with Gasteiger partial charge in [0.15, 0.2) is 0 Å². The number of hydrogen-bond acceptors (Lipinski definition) is 4. The highest BCUT2D eigenvalue weighted by Gasteiger charge is 2.30. The zero-order valence-corrected chi connectivity index (χ0v) is 9.56. The summed E-state index contributed by atoms with van der Waals surface area (Å²) in [6, 6.07) is 5.35. The maximum absolute atomic E-state index is 11.8. The number of piperidine rings is 1. The van der Waals surface area contributed by atoms with Crippen molar-refractivity contribution in [2.75, 3.05) is 5.73 Å². The van der Waals surface area contributed by atoms with Crippen LogP contribution in [-0.4, -0.2) is 22.0 Å². The van der Waals surface area contributed by atoms with E-state index in [4.69, 9.17) is 5.73 Å². The van der Waals surface area contributed by atoms with E-state index in [1.165, 1.54) is 0 Å². The first-order valence-electron chi connectivity index (χ1n) is 5.72. The van der Waals surface area contributed by atoms with Gasteiger partial charge >= 0.3 is 0 Å². The zero-order chi connectivity index (χ0) is 12.7. The number of amides is 2. The van der Waals surface area contributed by atoms with Crippen molar-refractivity contribution in [1.82, 2.24) is 15.5 Å². The van der Waals surface area contributed by atoms with Crippen LogP contribution in [0.25, 0.3) is 10.9 Å². The Balaban J connectivity index is 2.06. The molecule has 6 nitrogen and oxygen atoms in total. The number of H-pyrrole nitrogens is 1. The van der Waals surface area contributed by atoms with Crippen LogP contribution >= 0.6 is 0 Å². The molecule has 1 saturated heterocycles. The number of aromatic nitrogens is 2. The average Bonchev–Trinajstić information content (AvgIpc) is 2.72. The maximum Gasteiger partial charge on any atom is 0.235 e. The van der Waals surface area contributed by atoms with Gasteiger partial charge in [-0.3, -0.25) is 20.0 Å². The predicted molar refractivity (Wildman–Crippen MR) is 65.6 cm³/mol. The van der Waals surface area contributed by atoms with E-state index in [0.717, 1.165) is 16.6 Å². The lowest BCUT2D eigenvalue weighted by atomic mass is 9.93. The number of nitrogens with two attached hydrogens (primary N) is 1. The van der Waals surface area contributed by atoms with Crippen LogP contribution in [-0.2, 0) is 9.59 Å². The third kappa shape index (κ3) is 1.62. The fourth-order valence-electron chi connectivity index (χ4n) is 2.28. The molecule has 1 atom stereocenters. The van der Waals surface area contributed by atoms with E-state index >= 15 is 0 Å². The van der Waals surface area contributed by atoms with Crippen molar-refractivity contribution < 1.29 is 9.59 Å². The number of benzene rings is 1. The monoisotopic (exact) mass is 244 g/mol. The first-order valence-corrected chi connectivity index (χ1v) is 5.72. The summed E-state index contributed by atoms with van der Waals surface area (Å²) < 4.78 is 0. The Morgan fingerprint density at radius 3 is 2.94 bits per heavy atom. The second kappa shape index (κ2) is 3.83. The van der Waals surface area contributed by atoms with E-state index in [1.807, 2.05) is 0 Å². The summed E-state index contributed by atoms with van der Waals surface area (Å²) in [5.41, 5.74) is 7.86. The van der Waals surface area contributed by atoms with Gasteiger partial charge < -0.3 is 5.73 Å². The Labute approximate surface area is 103 Å². The number of carbonyl (C=O) groups excluding carboxylic acids is 2. The summed E-state index contributed by atoms with van der Waals surface area (Å²) >= 11 is 0. The highest BCUT2D eigenvalue weighted by atomic mass is 16.2. The van der Waals surface area contributed by atoms with Crippen LogP contribution in [0.1, 0.15) is 24.5 Å². The first kappa shape index (κ1) is 10.8. The molecule has 6 heteroatoms. The molecule has 92 valence electrons. The van der Waals surface area contributed by atoms with Crippen molar-refractivity contribution in [3.63, 3.8) is 0 Å². The SMILES string of the molecule is Nc1ccc2n[nH]c(C3CCC(=O)NC3=O)c2c1. The Bertz CT molecular complexity index is 647. The molecule has 1 aromatic heterocycles. The molecule has 2 heterocycles. The van der Waals surface area contributed by atoms with Gasteiger partial charge in [-0.1, -0.05) is 0 Å². The van der Waals surface area contributed by atoms with E-state index in [1.54, 1.807) is 18.2 Å². The maximum atomic E-state index is 11.8. The number of imide groups is 1. The van der Waals surface area contributed by atoms with Gasteiger partial charge in [-0.15, -0.1) is 0 Å². The molecule has 18 heavy (non-hydrogen) atoms. The fraction of sp³-hybridized carbons (Fsp3) is 0.250. The summed E-state index contributed by atoms with van der Waals surface area (Å²) in [5, 5.41) is 10.2. The molecule has 0 aliphatic carbocycles. The predicted octanol–water partition coefficient (Wildman–Crippen LogP) is 0.665. The largest absolute Gasteiger partial charge is 0.399 e. The quantitative estimate of drug-likeness (QED) is 0.506. The average molecular weight is 244 g/mol. The summed E-state index contributed by atoms with van der Waals surface area (Å²) in [5.74, 6) is -0.867. The van der Waals surface area contributed by atoms with E-state index in [-0.39, 0.29) is 17.7 Å². The smallest absolute Gasteiger partial charge is 0.235 e. The number of rotatable bonds is 1. The zero-order valence-electron chi connectivity index (χ0n) is 9.56. The van der Waals surface area contributed by atoms with Gasteiger partial charge in [0.25, 0.3) is 0 Å². The molecule has 1 unspecified atom stereocenters. The Kier molecular flexibility index (Phi) is 2.29. The van der Waals surface area contributed by atoms with Gasteiger partial charge in [0, 0.05) is 17.5 Å². The van der Waals surface area contributed by atoms with E-state index in [0.29, 0.717) is 18.5 Å². The van der Waals surface area contributed by atoms with Crippen LogP contribution in [0.15, 0.2) is 18.2 Å². The molecule has 0 spiro atoms. The molecule has 2 aromatic rings. The lowest BCUT2D eigenvalue weighted by Crippen LogP contribution is -2.39. The lowest BCUT2D eigenvalue weighted by molar-refractivity contribution is -0.134. The van der Waals surface area contributed by atoms with Gasteiger partial charge in [-0.05, 0) is 24.6 Å². The Morgan fingerprint density at radius 2 is 2.17 bits per heavy atom. The number of nitrogen functional groups attached to an aromatic ring is 1. The summed E-state index contributed by atoms with van der Waals surface area (Å²) in [7, 11) is 0. The van der Waals surface area contributed by atoms with Crippen molar-refractivity contribution in [2.45, 2.75) is 18.8 Å². The Morgan fingerprint density at radius 1 is 1.33 bits per heavy atom. The highest BCUT2D eigenvalue weighted by molar-refractivity contribution is 6.02. The van der Waals surface area contributed by atoms with Crippen LogP contribution in [0.5, 0.6) is 0 Å². The second-order valence-corrected chi connectivity index (χ2v) is 4.42. The molecule has 0 radical (unpaired) electrons. The van der Waals surface area contributed by atoms with Crippen LogP contribution in [0.2, 0.25) is 0 Å². The summed E-state index contributed by atoms with van der Waals surface area (Å²) in [6.45, 7) is 0. The summed E-state index contributed by atoms with van der Waals surface area (Å²) in [4.78, 5) is 22.9. The molecule has 0 saturated carbocycles. The number of aromatic amines is 1. The molecular formula is C12H12N4O2. The van der Waals surface area contributed by atoms with Gasteiger partial charge in [-0.2, -0.15) is 5.10 Å². The minimum absolute atomic E-state index is 0.223. The highest BCUT2D eigenvalue weighted by Crippen LogP contribution is 2.29. The standard InChI is InChI=1S/C12H12N4O2/c13-6-1-3-9-8(5-6)11(16-15-9)7-2-4-10(17)14-12(7)18/h1,3,5,7H,2,4,13H2,(H,15,16)(H,14,17,18). The van der Waals surface area contributed by atoms with Crippen LogP contribution < -0.4 is 11.1 Å². The van der Waals surface area contributed by atoms with Crippen molar-refractivity contribution >= 4 is 28.4 Å². The third-order valence-electron chi connectivity index (χ3n) is 3.20. The normalized spacial score (nSPS) is 20.1. The van der Waals surface area contributed by atoms with Crippen LogP contribution in [0, 0.1) is 0 Å². The van der Waals surface area contributed by atoms with Gasteiger partial charge in [0.05, 0.1) is 17.1 Å². The van der Waals surface area contributed by atoms with Crippen LogP contribution in [0.4, 0.5) is 5.69 Å². The molecule has 0 bridgehead atoms. The van der Waals surface area contributed by atoms with Gasteiger partial charge in [0.2, 0.25) is 11.8 Å². The van der Waals surface area contributed by atoms with Crippen molar-refractivity contribution in [3.8, 4) is 0 Å². The minimum Gasteiger partial charge on any atom is -0.399 e. The third-order valence-corrected chi connectivity index (χ3v) is 3.20. The topological polar surface area (TPSA) is 101 Å². The van der Waals surface area contributed by atoms with Crippen molar-refractivity contribution in [3.05, 3.63) is 23.9 Å². The van der Waals surface area contributed by atoms with Crippen molar-refractivity contribution in [2.24, 2.45) is 0 Å². The molecule has 1 aliphatic rings. The fourth-order valence-corrected chi connectivity index (χ4v) is 2.28. The summed E-state index contributed by atoms with van der Waals surface area (Å²) in [6.07, 6.45) is 0.843. The number of hydrogen-bond donors (Lipinski definition) is 3. The molecule has 1 aliphatic heterocycles. The number of anilines is 1. The number of nitrogens with zero attached hydrogens (tertiary/aromatic N) is 1. The molecule has 4 N–H and O–H groups in total. The molecule has 1 aromatic carbocycles. The molecule has 1 fully saturated rings. The van der Waals surface area contributed by atoms with Crippen LogP contribution in [0.3, 0.4) is 0 Å². The molecular weight excluding hydrogens is 232 g/mol. The van der Waals surface area contributed by atoms with Crippen molar-refractivity contribution in [1.29, 1.82) is 0 Å². The van der Waals surface area contributed by atoms with Gasteiger partial charge in [0.1, 0.15) is 0 Å². The van der Waals surface area contributed by atoms with E-state index < -0.39 is 0 Å².